The number of ether oxygens (including phenoxy) is 2. The van der Waals surface area contributed by atoms with Gasteiger partial charge in [-0.2, -0.15) is 0 Å². The van der Waals surface area contributed by atoms with Crippen LogP contribution in [0.5, 0.6) is 0 Å². The van der Waals surface area contributed by atoms with Crippen LogP contribution in [-0.4, -0.2) is 41.6 Å². The molecule has 0 bridgehead atoms. The average Bonchev–Trinajstić information content (AvgIpc) is 2.77. The summed E-state index contributed by atoms with van der Waals surface area (Å²) >= 11 is 0. The van der Waals surface area contributed by atoms with Crippen LogP contribution in [0.1, 0.15) is 39.5 Å². The molecular weight excluding hydrogens is 272 g/mol. The summed E-state index contributed by atoms with van der Waals surface area (Å²) in [7, 11) is 1.47. The molecular formula is C16H22O5. The molecule has 2 aliphatic carbocycles. The normalized spacial score (nSPS) is 42.4. The highest BCUT2D eigenvalue weighted by atomic mass is 16.5. The van der Waals surface area contributed by atoms with Crippen molar-refractivity contribution in [2.45, 2.75) is 57.3 Å². The molecule has 0 amide bonds. The number of methoxy groups -OCH3 is 1. The smallest absolute Gasteiger partial charge is 0.191 e. The Morgan fingerprint density at radius 3 is 2.81 bits per heavy atom. The van der Waals surface area contributed by atoms with Gasteiger partial charge in [0.05, 0.1) is 0 Å². The molecule has 3 rings (SSSR count). The van der Waals surface area contributed by atoms with E-state index in [1.807, 2.05) is 6.92 Å². The maximum atomic E-state index is 12.4. The van der Waals surface area contributed by atoms with E-state index in [1.165, 1.54) is 7.11 Å². The Morgan fingerprint density at radius 2 is 2.19 bits per heavy atom. The van der Waals surface area contributed by atoms with Crippen LogP contribution in [0.25, 0.3) is 0 Å². The first kappa shape index (κ1) is 14.7. The molecule has 1 aliphatic heterocycles. The summed E-state index contributed by atoms with van der Waals surface area (Å²) in [6, 6.07) is 0. The van der Waals surface area contributed by atoms with Crippen molar-refractivity contribution >= 4 is 11.6 Å². The summed E-state index contributed by atoms with van der Waals surface area (Å²) in [5, 5.41) is 10.3. The molecule has 116 valence electrons. The lowest BCUT2D eigenvalue weighted by Gasteiger charge is -2.44. The first-order chi connectivity index (χ1) is 9.87. The van der Waals surface area contributed by atoms with E-state index in [9.17, 15) is 14.7 Å². The van der Waals surface area contributed by atoms with Gasteiger partial charge in [0.25, 0.3) is 0 Å². The summed E-state index contributed by atoms with van der Waals surface area (Å²) in [6.07, 6.45) is 0.917. The molecule has 0 aromatic heterocycles. The van der Waals surface area contributed by atoms with E-state index in [0.717, 1.165) is 12.8 Å². The maximum Gasteiger partial charge on any atom is 0.191 e. The Morgan fingerprint density at radius 1 is 1.48 bits per heavy atom. The number of hydrogen-bond donors (Lipinski definition) is 1. The number of ketones is 2. The molecule has 21 heavy (non-hydrogen) atoms. The molecule has 5 atom stereocenters. The minimum absolute atomic E-state index is 0.0144. The number of carbonyl (C=O) groups excluding carboxylic acids is 2. The lowest BCUT2D eigenvalue weighted by molar-refractivity contribution is -0.137. The van der Waals surface area contributed by atoms with Crippen molar-refractivity contribution in [2.24, 2.45) is 11.8 Å². The maximum absolute atomic E-state index is 12.4. The molecule has 1 N–H and O–H groups in total. The van der Waals surface area contributed by atoms with Crippen LogP contribution in [0.15, 0.2) is 11.3 Å². The minimum atomic E-state index is -0.795. The van der Waals surface area contributed by atoms with E-state index in [2.05, 4.69) is 0 Å². The highest BCUT2D eigenvalue weighted by Gasteiger charge is 2.54. The van der Waals surface area contributed by atoms with Crippen LogP contribution in [0.2, 0.25) is 0 Å². The van der Waals surface area contributed by atoms with Gasteiger partial charge in [0, 0.05) is 30.9 Å². The van der Waals surface area contributed by atoms with Gasteiger partial charge in [0.2, 0.25) is 0 Å². The summed E-state index contributed by atoms with van der Waals surface area (Å²) in [6.45, 7) is 3.60. The fourth-order valence-corrected chi connectivity index (χ4v) is 4.16. The largest absolute Gasteiger partial charge is 0.488 e. The Bertz CT molecular complexity index is 523. The van der Waals surface area contributed by atoms with Crippen molar-refractivity contribution in [3.05, 3.63) is 11.3 Å². The molecule has 1 heterocycles. The summed E-state index contributed by atoms with van der Waals surface area (Å²) in [5.74, 6) is 0.422. The number of aliphatic hydroxyl groups excluding tert-OH is 1. The molecule has 0 aromatic carbocycles. The van der Waals surface area contributed by atoms with E-state index in [-0.39, 0.29) is 29.8 Å². The second kappa shape index (κ2) is 4.92. The summed E-state index contributed by atoms with van der Waals surface area (Å²) < 4.78 is 11.2. The van der Waals surface area contributed by atoms with E-state index < -0.39 is 17.8 Å². The third kappa shape index (κ3) is 2.14. The molecule has 0 spiro atoms. The van der Waals surface area contributed by atoms with Crippen LogP contribution in [0.4, 0.5) is 0 Å². The van der Waals surface area contributed by atoms with E-state index in [0.29, 0.717) is 17.8 Å². The highest BCUT2D eigenvalue weighted by Crippen LogP contribution is 2.52. The molecule has 0 saturated heterocycles. The Kier molecular flexibility index (Phi) is 3.45. The molecule has 0 aromatic rings. The van der Waals surface area contributed by atoms with Gasteiger partial charge < -0.3 is 14.6 Å². The number of Topliss-reactive ketones (excluding diaryl/α,β-unsaturated/α-hetero) is 2. The van der Waals surface area contributed by atoms with Gasteiger partial charge in [-0.1, -0.05) is 0 Å². The monoisotopic (exact) mass is 294 g/mol. The molecule has 0 unspecified atom stereocenters. The summed E-state index contributed by atoms with van der Waals surface area (Å²) in [4.78, 5) is 24.3. The van der Waals surface area contributed by atoms with Crippen molar-refractivity contribution < 1.29 is 24.2 Å². The molecule has 3 aliphatic rings. The number of hydrogen-bond acceptors (Lipinski definition) is 5. The molecule has 0 radical (unpaired) electrons. The fraction of sp³-hybridized carbons (Fsp3) is 0.750. The molecule has 5 nitrogen and oxygen atoms in total. The number of aliphatic hydroxyl groups is 1. The first-order valence-electron chi connectivity index (χ1n) is 7.55. The molecule has 1 saturated carbocycles. The van der Waals surface area contributed by atoms with Gasteiger partial charge in [-0.15, -0.1) is 0 Å². The van der Waals surface area contributed by atoms with E-state index >= 15 is 0 Å². The van der Waals surface area contributed by atoms with Crippen molar-refractivity contribution in [3.63, 3.8) is 0 Å². The van der Waals surface area contributed by atoms with Crippen molar-refractivity contribution in [2.75, 3.05) is 7.11 Å². The van der Waals surface area contributed by atoms with Crippen molar-refractivity contribution in [1.82, 2.24) is 0 Å². The predicted molar refractivity (Wildman–Crippen MR) is 74.5 cm³/mol. The van der Waals surface area contributed by atoms with E-state index in [1.54, 1.807) is 6.92 Å². The zero-order valence-electron chi connectivity index (χ0n) is 12.7. The van der Waals surface area contributed by atoms with Gasteiger partial charge >= 0.3 is 0 Å². The number of rotatable bonds is 2. The van der Waals surface area contributed by atoms with Gasteiger partial charge in [-0.25, -0.2) is 0 Å². The second-order valence-electron chi connectivity index (χ2n) is 6.66. The van der Waals surface area contributed by atoms with Crippen LogP contribution >= 0.6 is 0 Å². The van der Waals surface area contributed by atoms with Gasteiger partial charge in [0.15, 0.2) is 5.78 Å². The first-order valence-corrected chi connectivity index (χ1v) is 7.55. The minimum Gasteiger partial charge on any atom is -0.488 e. The zero-order chi connectivity index (χ0) is 15.4. The molecule has 5 heteroatoms. The standard InChI is InChI=1S/C16H22O5/c1-8(17)9-4-5-16(2)11(9)6-10-14(19)13(20-3)7-12(18)15(10)21-16/h9,11-13,18H,4-7H2,1-3H3/t9-,11-,12-,13-,16+/m0/s1. The van der Waals surface area contributed by atoms with Crippen LogP contribution < -0.4 is 0 Å². The SMILES string of the molecule is CO[C@H]1C[C@H](O)C2=C(C[C@H]3[C@H](C(C)=O)CC[C@@]3(C)O2)C1=O. The fourth-order valence-electron chi connectivity index (χ4n) is 4.16. The topological polar surface area (TPSA) is 72.8 Å². The average molecular weight is 294 g/mol. The zero-order valence-corrected chi connectivity index (χ0v) is 12.7. The second-order valence-corrected chi connectivity index (χ2v) is 6.66. The van der Waals surface area contributed by atoms with Crippen LogP contribution in [0.3, 0.4) is 0 Å². The van der Waals surface area contributed by atoms with Crippen LogP contribution in [-0.2, 0) is 19.1 Å². The lowest BCUT2D eigenvalue weighted by atomic mass is 9.74. The van der Waals surface area contributed by atoms with Gasteiger partial charge in [-0.05, 0) is 33.1 Å². The predicted octanol–water partition coefficient (Wildman–Crippen LogP) is 1.38. The number of fused-ring (bicyclic) bond motifs is 1. The van der Waals surface area contributed by atoms with Crippen LogP contribution in [0, 0.1) is 11.8 Å². The Labute approximate surface area is 124 Å². The quantitative estimate of drug-likeness (QED) is 0.833. The van der Waals surface area contributed by atoms with Gasteiger partial charge in [0.1, 0.15) is 29.4 Å². The van der Waals surface area contributed by atoms with E-state index in [4.69, 9.17) is 9.47 Å². The molecule has 1 fully saturated rings. The Hall–Kier alpha value is -1.20. The third-order valence-electron chi connectivity index (χ3n) is 5.42. The van der Waals surface area contributed by atoms with Gasteiger partial charge in [-0.3, -0.25) is 9.59 Å². The highest BCUT2D eigenvalue weighted by molar-refractivity contribution is 6.00. The Balaban J connectivity index is 1.97. The summed E-state index contributed by atoms with van der Waals surface area (Å²) in [5.41, 5.74) is 0.0762. The van der Waals surface area contributed by atoms with Crippen molar-refractivity contribution in [3.8, 4) is 0 Å². The lowest BCUT2D eigenvalue weighted by Crippen LogP contribution is -2.47. The third-order valence-corrected chi connectivity index (χ3v) is 5.42. The number of carbonyl (C=O) groups is 2. The van der Waals surface area contributed by atoms with Crippen molar-refractivity contribution in [1.29, 1.82) is 0 Å².